The molecule has 0 aliphatic carbocycles. The lowest BCUT2D eigenvalue weighted by atomic mass is 10.1. The Bertz CT molecular complexity index is 789. The number of nitrogens with zero attached hydrogens (tertiary/aromatic N) is 2. The van der Waals surface area contributed by atoms with E-state index in [9.17, 15) is 14.0 Å². The molecule has 0 bridgehead atoms. The van der Waals surface area contributed by atoms with E-state index in [-0.39, 0.29) is 24.1 Å². The second kappa shape index (κ2) is 9.88. The van der Waals surface area contributed by atoms with Crippen LogP contribution in [-0.2, 0) is 16.0 Å². The molecule has 1 fully saturated rings. The number of amides is 2. The van der Waals surface area contributed by atoms with E-state index >= 15 is 0 Å². The minimum Gasteiger partial charge on any atom is -0.493 e. The van der Waals surface area contributed by atoms with Crippen LogP contribution in [0.1, 0.15) is 18.4 Å². The standard InChI is InChI=1S/C22H25FN2O3/c23-20-9-5-4-6-18(20)10-11-21(26)24-13-15-25(16-14-24)22(27)12-17-28-19-7-2-1-3-8-19/h1-9H,10-17H2. The number of halogens is 1. The molecular formula is C22H25FN2O3. The predicted molar refractivity (Wildman–Crippen MR) is 104 cm³/mol. The number of carbonyl (C=O) groups is 2. The van der Waals surface area contributed by atoms with E-state index in [1.165, 1.54) is 6.07 Å². The smallest absolute Gasteiger partial charge is 0.226 e. The van der Waals surface area contributed by atoms with Crippen molar-refractivity contribution in [1.29, 1.82) is 0 Å². The van der Waals surface area contributed by atoms with Crippen LogP contribution in [0, 0.1) is 5.82 Å². The van der Waals surface area contributed by atoms with Crippen molar-refractivity contribution in [2.75, 3.05) is 32.8 Å². The van der Waals surface area contributed by atoms with Crippen molar-refractivity contribution in [3.63, 3.8) is 0 Å². The first-order chi connectivity index (χ1) is 13.6. The van der Waals surface area contributed by atoms with Gasteiger partial charge in [0, 0.05) is 32.6 Å². The summed E-state index contributed by atoms with van der Waals surface area (Å²) in [4.78, 5) is 28.2. The lowest BCUT2D eigenvalue weighted by molar-refractivity contribution is -0.139. The first kappa shape index (κ1) is 19.9. The Balaban J connectivity index is 1.37. The van der Waals surface area contributed by atoms with Gasteiger partial charge in [0.1, 0.15) is 11.6 Å². The average molecular weight is 384 g/mol. The largest absolute Gasteiger partial charge is 0.493 e. The molecule has 0 aromatic heterocycles. The van der Waals surface area contributed by atoms with E-state index in [1.807, 2.05) is 30.3 Å². The number of benzene rings is 2. The first-order valence-corrected chi connectivity index (χ1v) is 9.60. The maximum absolute atomic E-state index is 13.7. The first-order valence-electron chi connectivity index (χ1n) is 9.60. The maximum Gasteiger partial charge on any atom is 0.226 e. The van der Waals surface area contributed by atoms with Crippen molar-refractivity contribution < 1.29 is 18.7 Å². The van der Waals surface area contributed by atoms with Crippen molar-refractivity contribution >= 4 is 11.8 Å². The summed E-state index contributed by atoms with van der Waals surface area (Å²) in [5.41, 5.74) is 0.558. The fourth-order valence-corrected chi connectivity index (χ4v) is 3.24. The molecule has 2 aromatic rings. The summed E-state index contributed by atoms with van der Waals surface area (Å²) in [5, 5.41) is 0. The third-order valence-corrected chi connectivity index (χ3v) is 4.88. The van der Waals surface area contributed by atoms with Crippen molar-refractivity contribution in [2.24, 2.45) is 0 Å². The summed E-state index contributed by atoms with van der Waals surface area (Å²) in [6, 6.07) is 15.9. The Hall–Kier alpha value is -2.89. The maximum atomic E-state index is 13.7. The molecule has 0 unspecified atom stereocenters. The second-order valence-electron chi connectivity index (χ2n) is 6.76. The van der Waals surface area contributed by atoms with Crippen molar-refractivity contribution in [3.8, 4) is 5.75 Å². The molecular weight excluding hydrogens is 359 g/mol. The van der Waals surface area contributed by atoms with Crippen molar-refractivity contribution in [3.05, 3.63) is 66.0 Å². The van der Waals surface area contributed by atoms with Gasteiger partial charge in [-0.3, -0.25) is 9.59 Å². The lowest BCUT2D eigenvalue weighted by Crippen LogP contribution is -2.50. The number of hydrogen-bond donors (Lipinski definition) is 0. The highest BCUT2D eigenvalue weighted by molar-refractivity contribution is 5.78. The quantitative estimate of drug-likeness (QED) is 0.738. The van der Waals surface area contributed by atoms with E-state index in [1.54, 1.807) is 28.0 Å². The summed E-state index contributed by atoms with van der Waals surface area (Å²) >= 11 is 0. The minimum atomic E-state index is -0.275. The summed E-state index contributed by atoms with van der Waals surface area (Å²) < 4.78 is 19.2. The van der Waals surface area contributed by atoms with E-state index in [4.69, 9.17) is 4.74 Å². The predicted octanol–water partition coefficient (Wildman–Crippen LogP) is 2.90. The summed E-state index contributed by atoms with van der Waals surface area (Å²) in [6.07, 6.45) is 0.984. The van der Waals surface area contributed by atoms with Gasteiger partial charge in [0.05, 0.1) is 13.0 Å². The Morgan fingerprint density at radius 3 is 2.04 bits per heavy atom. The normalized spacial score (nSPS) is 14.0. The zero-order valence-corrected chi connectivity index (χ0v) is 15.9. The van der Waals surface area contributed by atoms with Crippen LogP contribution in [0.25, 0.3) is 0 Å². The molecule has 1 aliphatic rings. The molecule has 1 saturated heterocycles. The molecule has 0 radical (unpaired) electrons. The third-order valence-electron chi connectivity index (χ3n) is 4.88. The van der Waals surface area contributed by atoms with Crippen LogP contribution in [0.4, 0.5) is 4.39 Å². The van der Waals surface area contributed by atoms with Gasteiger partial charge in [-0.15, -0.1) is 0 Å². The highest BCUT2D eigenvalue weighted by atomic mass is 19.1. The van der Waals surface area contributed by atoms with Crippen LogP contribution >= 0.6 is 0 Å². The number of hydrogen-bond acceptors (Lipinski definition) is 3. The van der Waals surface area contributed by atoms with Crippen LogP contribution in [0.2, 0.25) is 0 Å². The third kappa shape index (κ3) is 5.55. The SMILES string of the molecule is O=C(CCOc1ccccc1)N1CCN(C(=O)CCc2ccccc2F)CC1. The number of piperazine rings is 1. The molecule has 5 nitrogen and oxygen atoms in total. The lowest BCUT2D eigenvalue weighted by Gasteiger charge is -2.35. The van der Waals surface area contributed by atoms with Gasteiger partial charge in [-0.25, -0.2) is 4.39 Å². The van der Waals surface area contributed by atoms with Gasteiger partial charge in [-0.2, -0.15) is 0 Å². The highest BCUT2D eigenvalue weighted by Gasteiger charge is 2.23. The molecule has 0 atom stereocenters. The molecule has 6 heteroatoms. The Labute approximate surface area is 164 Å². The molecule has 0 saturated carbocycles. The molecule has 2 aromatic carbocycles. The fourth-order valence-electron chi connectivity index (χ4n) is 3.24. The van der Waals surface area contributed by atoms with Crippen LogP contribution < -0.4 is 4.74 Å². The van der Waals surface area contributed by atoms with Gasteiger partial charge in [-0.1, -0.05) is 36.4 Å². The van der Waals surface area contributed by atoms with Gasteiger partial charge in [-0.05, 0) is 30.2 Å². The van der Waals surface area contributed by atoms with E-state index in [0.717, 1.165) is 5.75 Å². The Kier molecular flexibility index (Phi) is 7.00. The van der Waals surface area contributed by atoms with Crippen molar-refractivity contribution in [1.82, 2.24) is 9.80 Å². The van der Waals surface area contributed by atoms with Crippen molar-refractivity contribution in [2.45, 2.75) is 19.3 Å². The molecule has 0 spiro atoms. The highest BCUT2D eigenvalue weighted by Crippen LogP contribution is 2.12. The van der Waals surface area contributed by atoms with Crippen LogP contribution in [0.15, 0.2) is 54.6 Å². The summed E-state index contributed by atoms with van der Waals surface area (Å²) in [7, 11) is 0. The van der Waals surface area contributed by atoms with Crippen LogP contribution in [0.5, 0.6) is 5.75 Å². The van der Waals surface area contributed by atoms with E-state index in [0.29, 0.717) is 51.2 Å². The van der Waals surface area contributed by atoms with Gasteiger partial charge in [0.2, 0.25) is 11.8 Å². The number of para-hydroxylation sites is 1. The number of rotatable bonds is 7. The van der Waals surface area contributed by atoms with E-state index < -0.39 is 0 Å². The summed E-state index contributed by atoms with van der Waals surface area (Å²) in [6.45, 7) is 2.42. The summed E-state index contributed by atoms with van der Waals surface area (Å²) in [5.74, 6) is 0.515. The Morgan fingerprint density at radius 2 is 1.39 bits per heavy atom. The zero-order valence-electron chi connectivity index (χ0n) is 15.9. The number of carbonyl (C=O) groups excluding carboxylic acids is 2. The van der Waals surface area contributed by atoms with Gasteiger partial charge in [0.25, 0.3) is 0 Å². The Morgan fingerprint density at radius 1 is 0.821 bits per heavy atom. The molecule has 28 heavy (non-hydrogen) atoms. The molecule has 2 amide bonds. The molecule has 3 rings (SSSR count). The molecule has 1 heterocycles. The van der Waals surface area contributed by atoms with Gasteiger partial charge in [0.15, 0.2) is 0 Å². The molecule has 1 aliphatic heterocycles. The van der Waals surface area contributed by atoms with Gasteiger partial charge >= 0.3 is 0 Å². The minimum absolute atomic E-state index is 0.00256. The number of aryl methyl sites for hydroxylation is 1. The zero-order chi connectivity index (χ0) is 19.8. The van der Waals surface area contributed by atoms with Crippen LogP contribution in [-0.4, -0.2) is 54.4 Å². The van der Waals surface area contributed by atoms with Gasteiger partial charge < -0.3 is 14.5 Å². The molecule has 148 valence electrons. The number of ether oxygens (including phenoxy) is 1. The van der Waals surface area contributed by atoms with Crippen LogP contribution in [0.3, 0.4) is 0 Å². The van der Waals surface area contributed by atoms with E-state index in [2.05, 4.69) is 0 Å². The second-order valence-corrected chi connectivity index (χ2v) is 6.76. The topological polar surface area (TPSA) is 49.9 Å². The fraction of sp³-hybridized carbons (Fsp3) is 0.364. The molecule has 0 N–H and O–H groups in total. The average Bonchev–Trinajstić information content (AvgIpc) is 2.74. The monoisotopic (exact) mass is 384 g/mol.